The van der Waals surface area contributed by atoms with Gasteiger partial charge in [0, 0.05) is 29.7 Å². The predicted molar refractivity (Wildman–Crippen MR) is 125 cm³/mol. The molecule has 0 bridgehead atoms. The van der Waals surface area contributed by atoms with E-state index in [0.717, 1.165) is 0 Å². The third-order valence-electron chi connectivity index (χ3n) is 5.30. The molecule has 2 aromatic rings. The molecule has 0 aliphatic heterocycles. The molecule has 2 rings (SSSR count). The highest BCUT2D eigenvalue weighted by molar-refractivity contribution is 6.09. The molecule has 1 N–H and O–H groups in total. The summed E-state index contributed by atoms with van der Waals surface area (Å²) in [5, 5.41) is 2.61. The first-order valence-corrected chi connectivity index (χ1v) is 10.9. The second kappa shape index (κ2) is 11.4. The van der Waals surface area contributed by atoms with Crippen LogP contribution in [0.2, 0.25) is 0 Å². The fourth-order valence-electron chi connectivity index (χ4n) is 3.38. The van der Waals surface area contributed by atoms with Crippen molar-refractivity contribution in [1.29, 1.82) is 0 Å². The van der Waals surface area contributed by atoms with Crippen LogP contribution in [0, 0.1) is 11.8 Å². The number of carbonyl (C=O) groups excluding carboxylic acids is 4. The molecule has 2 amide bonds. The molecule has 32 heavy (non-hydrogen) atoms. The topological polar surface area (TPSA) is 83.6 Å². The van der Waals surface area contributed by atoms with Gasteiger partial charge in [-0.2, -0.15) is 0 Å². The van der Waals surface area contributed by atoms with Gasteiger partial charge in [0.05, 0.1) is 12.6 Å². The Labute approximate surface area is 190 Å². The molecule has 0 aliphatic rings. The van der Waals surface area contributed by atoms with Crippen LogP contribution in [0.25, 0.3) is 0 Å². The third-order valence-corrected chi connectivity index (χ3v) is 5.30. The van der Waals surface area contributed by atoms with Gasteiger partial charge in [-0.05, 0) is 24.5 Å². The largest absolute Gasteiger partial charge is 0.343 e. The van der Waals surface area contributed by atoms with Crippen molar-refractivity contribution in [1.82, 2.24) is 10.2 Å². The predicted octanol–water partition coefficient (Wildman–Crippen LogP) is 3.75. The lowest BCUT2D eigenvalue weighted by molar-refractivity contribution is -0.139. The first kappa shape index (κ1) is 25.0. The summed E-state index contributed by atoms with van der Waals surface area (Å²) in [6, 6.07) is 14.7. The molecule has 1 atom stereocenters. The van der Waals surface area contributed by atoms with Crippen LogP contribution >= 0.6 is 0 Å². The zero-order valence-corrected chi connectivity index (χ0v) is 19.4. The highest BCUT2D eigenvalue weighted by atomic mass is 16.2. The summed E-state index contributed by atoms with van der Waals surface area (Å²) in [6.45, 7) is 7.45. The standard InChI is InChI=1S/C26H32N2O4/c1-17(2)15-22(24(30)18(3)4)28(5)23(29)16-27-26(32)21-13-11-20(12-14-21)25(31)19-9-7-6-8-10-19/h6-14,17-18,22H,15-16H2,1-5H3,(H,27,32). The molecule has 0 aliphatic carbocycles. The van der Waals surface area contributed by atoms with E-state index in [9.17, 15) is 19.2 Å². The molecular formula is C26H32N2O4. The highest BCUT2D eigenvalue weighted by Crippen LogP contribution is 2.16. The molecule has 0 aromatic heterocycles. The van der Waals surface area contributed by atoms with Gasteiger partial charge < -0.3 is 10.2 Å². The van der Waals surface area contributed by atoms with Gasteiger partial charge >= 0.3 is 0 Å². The number of rotatable bonds is 10. The van der Waals surface area contributed by atoms with Crippen LogP contribution in [0.15, 0.2) is 54.6 Å². The minimum Gasteiger partial charge on any atom is -0.343 e. The van der Waals surface area contributed by atoms with Gasteiger partial charge in [0.25, 0.3) is 5.91 Å². The summed E-state index contributed by atoms with van der Waals surface area (Å²) in [5.41, 5.74) is 1.40. The average Bonchev–Trinajstić information content (AvgIpc) is 2.79. The molecular weight excluding hydrogens is 404 g/mol. The summed E-state index contributed by atoms with van der Waals surface area (Å²) in [7, 11) is 1.60. The van der Waals surface area contributed by atoms with Crippen molar-refractivity contribution in [3.05, 3.63) is 71.3 Å². The van der Waals surface area contributed by atoms with E-state index in [1.165, 1.54) is 4.90 Å². The van der Waals surface area contributed by atoms with E-state index in [2.05, 4.69) is 5.32 Å². The average molecular weight is 437 g/mol. The Balaban J connectivity index is 1.99. The van der Waals surface area contributed by atoms with Crippen LogP contribution in [-0.2, 0) is 9.59 Å². The van der Waals surface area contributed by atoms with E-state index in [1.54, 1.807) is 55.6 Å². The number of hydrogen-bond acceptors (Lipinski definition) is 4. The lowest BCUT2D eigenvalue weighted by Crippen LogP contribution is -2.48. The van der Waals surface area contributed by atoms with Crippen molar-refractivity contribution in [2.45, 2.75) is 40.2 Å². The van der Waals surface area contributed by atoms with Crippen molar-refractivity contribution >= 4 is 23.4 Å². The number of likely N-dealkylation sites (N-methyl/N-ethyl adjacent to an activating group) is 1. The summed E-state index contributed by atoms with van der Waals surface area (Å²) in [5.74, 6) is -0.778. The van der Waals surface area contributed by atoms with E-state index < -0.39 is 11.9 Å². The molecule has 0 fully saturated rings. The Bertz CT molecular complexity index is 950. The Morgan fingerprint density at radius 3 is 1.88 bits per heavy atom. The summed E-state index contributed by atoms with van der Waals surface area (Å²) in [4.78, 5) is 51.6. The molecule has 6 nitrogen and oxygen atoms in total. The third kappa shape index (κ3) is 6.61. The van der Waals surface area contributed by atoms with E-state index >= 15 is 0 Å². The molecule has 0 saturated carbocycles. The van der Waals surface area contributed by atoms with Gasteiger partial charge in [-0.25, -0.2) is 0 Å². The van der Waals surface area contributed by atoms with E-state index in [4.69, 9.17) is 0 Å². The van der Waals surface area contributed by atoms with Crippen molar-refractivity contribution in [3.63, 3.8) is 0 Å². The molecule has 0 saturated heterocycles. The van der Waals surface area contributed by atoms with Crippen LogP contribution in [0.3, 0.4) is 0 Å². The Morgan fingerprint density at radius 1 is 0.812 bits per heavy atom. The monoisotopic (exact) mass is 436 g/mol. The van der Waals surface area contributed by atoms with Crippen molar-refractivity contribution in [2.75, 3.05) is 13.6 Å². The summed E-state index contributed by atoms with van der Waals surface area (Å²) >= 11 is 0. The van der Waals surface area contributed by atoms with Crippen LogP contribution in [0.4, 0.5) is 0 Å². The van der Waals surface area contributed by atoms with E-state index in [0.29, 0.717) is 23.1 Å². The Morgan fingerprint density at radius 2 is 1.34 bits per heavy atom. The van der Waals surface area contributed by atoms with Crippen molar-refractivity contribution < 1.29 is 19.2 Å². The van der Waals surface area contributed by atoms with Gasteiger partial charge in [0.15, 0.2) is 11.6 Å². The van der Waals surface area contributed by atoms with Gasteiger partial charge in [0.1, 0.15) is 0 Å². The fourth-order valence-corrected chi connectivity index (χ4v) is 3.38. The Kier molecular flexibility index (Phi) is 8.88. The first-order chi connectivity index (χ1) is 15.1. The quantitative estimate of drug-likeness (QED) is 0.575. The normalized spacial score (nSPS) is 11.8. The van der Waals surface area contributed by atoms with Crippen LogP contribution in [-0.4, -0.2) is 47.9 Å². The van der Waals surface area contributed by atoms with Gasteiger partial charge in [-0.1, -0.05) is 70.2 Å². The van der Waals surface area contributed by atoms with Crippen molar-refractivity contribution in [3.8, 4) is 0 Å². The number of Topliss-reactive ketones (excluding diaryl/α,β-unsaturated/α-hetero) is 1. The highest BCUT2D eigenvalue weighted by Gasteiger charge is 2.29. The number of ketones is 2. The number of nitrogens with one attached hydrogen (secondary N) is 1. The molecule has 6 heteroatoms. The molecule has 170 valence electrons. The fraction of sp³-hybridized carbons (Fsp3) is 0.385. The van der Waals surface area contributed by atoms with E-state index in [-0.39, 0.29) is 35.9 Å². The Hall–Kier alpha value is -3.28. The number of nitrogens with zero attached hydrogens (tertiary/aromatic N) is 1. The lowest BCUT2D eigenvalue weighted by Gasteiger charge is -2.30. The maximum absolute atomic E-state index is 12.6. The molecule has 2 aromatic carbocycles. The minimum atomic E-state index is -0.511. The SMILES string of the molecule is CC(C)CC(C(=O)C(C)C)N(C)C(=O)CNC(=O)c1ccc(C(=O)c2ccccc2)cc1. The van der Waals surface area contributed by atoms with Crippen LogP contribution in [0.5, 0.6) is 0 Å². The molecule has 1 unspecified atom stereocenters. The zero-order valence-electron chi connectivity index (χ0n) is 19.4. The second-order valence-electron chi connectivity index (χ2n) is 8.66. The van der Waals surface area contributed by atoms with Crippen LogP contribution < -0.4 is 5.32 Å². The lowest BCUT2D eigenvalue weighted by atomic mass is 9.93. The molecule has 0 spiro atoms. The number of benzene rings is 2. The van der Waals surface area contributed by atoms with Crippen LogP contribution in [0.1, 0.15) is 60.4 Å². The number of carbonyl (C=O) groups is 4. The van der Waals surface area contributed by atoms with Gasteiger partial charge in [0.2, 0.25) is 5.91 Å². The number of amides is 2. The van der Waals surface area contributed by atoms with Crippen molar-refractivity contribution in [2.24, 2.45) is 11.8 Å². The zero-order chi connectivity index (χ0) is 23.8. The van der Waals surface area contributed by atoms with Gasteiger partial charge in [-0.15, -0.1) is 0 Å². The maximum atomic E-state index is 12.6. The molecule has 0 radical (unpaired) electrons. The summed E-state index contributed by atoms with van der Waals surface area (Å²) < 4.78 is 0. The summed E-state index contributed by atoms with van der Waals surface area (Å²) in [6.07, 6.45) is 0.574. The molecule has 0 heterocycles. The smallest absolute Gasteiger partial charge is 0.251 e. The maximum Gasteiger partial charge on any atom is 0.251 e. The minimum absolute atomic E-state index is 0.0135. The second-order valence-corrected chi connectivity index (χ2v) is 8.66. The van der Waals surface area contributed by atoms with Gasteiger partial charge in [-0.3, -0.25) is 19.2 Å². The first-order valence-electron chi connectivity index (χ1n) is 10.9. The van der Waals surface area contributed by atoms with E-state index in [1.807, 2.05) is 33.8 Å². The number of hydrogen-bond donors (Lipinski definition) is 1.